The Morgan fingerprint density at radius 2 is 1.83 bits per heavy atom. The fourth-order valence-corrected chi connectivity index (χ4v) is 3.34. The zero-order chi connectivity index (χ0) is 13.5. The zero-order valence-corrected chi connectivity index (χ0v) is 11.7. The van der Waals surface area contributed by atoms with E-state index < -0.39 is 15.4 Å². The first-order chi connectivity index (χ1) is 8.47. The average molecular weight is 281 g/mol. The Kier molecular flexibility index (Phi) is 6.51. The molecule has 6 nitrogen and oxygen atoms in total. The van der Waals surface area contributed by atoms with E-state index in [0.29, 0.717) is 52.5 Å². The minimum Gasteiger partial charge on any atom is -0.381 e. The van der Waals surface area contributed by atoms with Gasteiger partial charge in [-0.05, 0) is 19.8 Å². The second kappa shape index (κ2) is 7.40. The SMILES string of the molecule is CCOCCOCC1(CS(N)(=O)=O)CCOCC1. The molecule has 1 fully saturated rings. The molecule has 1 saturated heterocycles. The molecule has 7 heteroatoms. The predicted molar refractivity (Wildman–Crippen MR) is 67.8 cm³/mol. The van der Waals surface area contributed by atoms with Crippen molar-refractivity contribution in [2.24, 2.45) is 10.6 Å². The van der Waals surface area contributed by atoms with Gasteiger partial charge in [0, 0.05) is 25.2 Å². The summed E-state index contributed by atoms with van der Waals surface area (Å²) >= 11 is 0. The predicted octanol–water partition coefficient (Wildman–Crippen LogP) is 0.125. The Bertz CT molecular complexity index is 324. The second-order valence-corrected chi connectivity index (χ2v) is 6.28. The van der Waals surface area contributed by atoms with E-state index in [4.69, 9.17) is 19.3 Å². The minimum absolute atomic E-state index is 0.0437. The maximum atomic E-state index is 11.3. The molecule has 1 heterocycles. The lowest BCUT2D eigenvalue weighted by atomic mass is 9.83. The van der Waals surface area contributed by atoms with Gasteiger partial charge in [-0.25, -0.2) is 13.6 Å². The molecule has 0 aliphatic carbocycles. The Morgan fingerprint density at radius 1 is 1.22 bits per heavy atom. The molecule has 0 spiro atoms. The number of sulfonamides is 1. The van der Waals surface area contributed by atoms with Crippen LogP contribution in [0.25, 0.3) is 0 Å². The van der Waals surface area contributed by atoms with Crippen molar-refractivity contribution < 1.29 is 22.6 Å². The topological polar surface area (TPSA) is 87.9 Å². The molecule has 0 unspecified atom stereocenters. The van der Waals surface area contributed by atoms with Crippen LogP contribution in [-0.2, 0) is 24.2 Å². The number of primary sulfonamides is 1. The molecule has 1 aliphatic rings. The Morgan fingerprint density at radius 3 is 2.39 bits per heavy atom. The lowest BCUT2D eigenvalue weighted by molar-refractivity contribution is -0.0393. The first-order valence-electron chi connectivity index (χ1n) is 6.21. The number of ether oxygens (including phenoxy) is 3. The Balaban J connectivity index is 2.45. The van der Waals surface area contributed by atoms with Crippen LogP contribution in [0.1, 0.15) is 19.8 Å². The first-order valence-corrected chi connectivity index (χ1v) is 7.93. The molecule has 108 valence electrons. The fourth-order valence-electron chi connectivity index (χ4n) is 2.11. The monoisotopic (exact) mass is 281 g/mol. The van der Waals surface area contributed by atoms with Crippen LogP contribution in [0.3, 0.4) is 0 Å². The van der Waals surface area contributed by atoms with E-state index in [0.717, 1.165) is 0 Å². The van der Waals surface area contributed by atoms with E-state index in [2.05, 4.69) is 0 Å². The van der Waals surface area contributed by atoms with Crippen LogP contribution >= 0.6 is 0 Å². The highest BCUT2D eigenvalue weighted by Gasteiger charge is 2.36. The van der Waals surface area contributed by atoms with Gasteiger partial charge in [0.25, 0.3) is 0 Å². The number of hydrogen-bond donors (Lipinski definition) is 1. The van der Waals surface area contributed by atoms with Gasteiger partial charge in [0.05, 0.1) is 25.6 Å². The normalized spacial score (nSPS) is 19.9. The third-order valence-electron chi connectivity index (χ3n) is 3.05. The largest absolute Gasteiger partial charge is 0.381 e. The van der Waals surface area contributed by atoms with Crippen LogP contribution in [-0.4, -0.2) is 53.8 Å². The van der Waals surface area contributed by atoms with Crippen molar-refractivity contribution in [2.75, 3.05) is 45.4 Å². The van der Waals surface area contributed by atoms with Crippen molar-refractivity contribution in [3.8, 4) is 0 Å². The molecular formula is C11H23NO5S. The highest BCUT2D eigenvalue weighted by atomic mass is 32.2. The van der Waals surface area contributed by atoms with Gasteiger partial charge in [0.15, 0.2) is 0 Å². The molecule has 1 aliphatic heterocycles. The summed E-state index contributed by atoms with van der Waals surface area (Å²) in [6.07, 6.45) is 1.33. The van der Waals surface area contributed by atoms with E-state index in [-0.39, 0.29) is 5.75 Å². The highest BCUT2D eigenvalue weighted by molar-refractivity contribution is 7.89. The summed E-state index contributed by atoms with van der Waals surface area (Å²) in [5.74, 6) is -0.0437. The van der Waals surface area contributed by atoms with Crippen LogP contribution < -0.4 is 5.14 Å². The highest BCUT2D eigenvalue weighted by Crippen LogP contribution is 2.32. The van der Waals surface area contributed by atoms with Gasteiger partial charge >= 0.3 is 0 Å². The summed E-state index contributed by atoms with van der Waals surface area (Å²) in [5, 5.41) is 5.15. The van der Waals surface area contributed by atoms with Gasteiger partial charge in [-0.1, -0.05) is 0 Å². The molecule has 0 saturated carbocycles. The van der Waals surface area contributed by atoms with Crippen molar-refractivity contribution >= 4 is 10.0 Å². The molecule has 2 N–H and O–H groups in total. The Hall–Kier alpha value is -0.210. The maximum Gasteiger partial charge on any atom is 0.209 e. The van der Waals surface area contributed by atoms with Gasteiger partial charge in [0.1, 0.15) is 0 Å². The van der Waals surface area contributed by atoms with Crippen molar-refractivity contribution in [1.29, 1.82) is 0 Å². The smallest absolute Gasteiger partial charge is 0.209 e. The van der Waals surface area contributed by atoms with Crippen LogP contribution in [0.2, 0.25) is 0 Å². The van der Waals surface area contributed by atoms with Crippen molar-refractivity contribution in [3.05, 3.63) is 0 Å². The minimum atomic E-state index is -3.50. The van der Waals surface area contributed by atoms with E-state index in [1.807, 2.05) is 6.92 Å². The molecule has 0 bridgehead atoms. The van der Waals surface area contributed by atoms with E-state index in [1.165, 1.54) is 0 Å². The van der Waals surface area contributed by atoms with Gasteiger partial charge in [-0.3, -0.25) is 0 Å². The molecule has 0 aromatic carbocycles. The zero-order valence-electron chi connectivity index (χ0n) is 10.9. The van der Waals surface area contributed by atoms with Gasteiger partial charge in [-0.2, -0.15) is 0 Å². The lowest BCUT2D eigenvalue weighted by Gasteiger charge is -2.36. The van der Waals surface area contributed by atoms with E-state index in [9.17, 15) is 8.42 Å². The summed E-state index contributed by atoms with van der Waals surface area (Å²) < 4.78 is 38.5. The van der Waals surface area contributed by atoms with Crippen LogP contribution in [0.5, 0.6) is 0 Å². The van der Waals surface area contributed by atoms with Crippen LogP contribution in [0.4, 0.5) is 0 Å². The Labute approximate surface area is 109 Å². The summed E-state index contributed by atoms with van der Waals surface area (Å²) in [6, 6.07) is 0. The molecule has 18 heavy (non-hydrogen) atoms. The lowest BCUT2D eigenvalue weighted by Crippen LogP contribution is -2.42. The van der Waals surface area contributed by atoms with Crippen molar-refractivity contribution in [1.82, 2.24) is 0 Å². The van der Waals surface area contributed by atoms with Gasteiger partial charge < -0.3 is 14.2 Å². The van der Waals surface area contributed by atoms with Crippen molar-refractivity contribution in [2.45, 2.75) is 19.8 Å². The van der Waals surface area contributed by atoms with E-state index in [1.54, 1.807) is 0 Å². The molecule has 1 rings (SSSR count). The molecule has 0 aromatic heterocycles. The molecule has 0 aromatic rings. The molecular weight excluding hydrogens is 258 g/mol. The third-order valence-corrected chi connectivity index (χ3v) is 4.06. The summed E-state index contributed by atoms with van der Waals surface area (Å²) in [6.45, 7) is 5.08. The number of hydrogen-bond acceptors (Lipinski definition) is 5. The first kappa shape index (κ1) is 15.8. The molecule has 0 atom stereocenters. The summed E-state index contributed by atoms with van der Waals surface area (Å²) in [4.78, 5) is 0. The van der Waals surface area contributed by atoms with E-state index >= 15 is 0 Å². The second-order valence-electron chi connectivity index (χ2n) is 4.67. The number of rotatable bonds is 8. The maximum absolute atomic E-state index is 11.3. The molecule has 0 radical (unpaired) electrons. The van der Waals surface area contributed by atoms with Crippen LogP contribution in [0.15, 0.2) is 0 Å². The average Bonchev–Trinajstić information content (AvgIpc) is 2.27. The van der Waals surface area contributed by atoms with Crippen molar-refractivity contribution in [3.63, 3.8) is 0 Å². The fraction of sp³-hybridized carbons (Fsp3) is 1.00. The summed E-state index contributed by atoms with van der Waals surface area (Å²) in [5.41, 5.74) is -0.405. The quantitative estimate of drug-likeness (QED) is 0.639. The third kappa shape index (κ3) is 6.10. The molecule has 0 amide bonds. The van der Waals surface area contributed by atoms with Gasteiger partial charge in [0.2, 0.25) is 10.0 Å². The summed E-state index contributed by atoms with van der Waals surface area (Å²) in [7, 11) is -3.50. The number of nitrogens with two attached hydrogens (primary N) is 1. The van der Waals surface area contributed by atoms with Crippen LogP contribution in [0, 0.1) is 5.41 Å². The standard InChI is InChI=1S/C11H23NO5S/c1-2-15-7-8-17-9-11(10-18(12,13)14)3-5-16-6-4-11/h2-10H2,1H3,(H2,12,13,14). The van der Waals surface area contributed by atoms with Gasteiger partial charge in [-0.15, -0.1) is 0 Å².